The number of hydrogen-bond acceptors (Lipinski definition) is 4. The number of anilines is 2. The third-order valence-corrected chi connectivity index (χ3v) is 8.47. The van der Waals surface area contributed by atoms with Gasteiger partial charge in [-0.05, 0) is 74.2 Å². The lowest BCUT2D eigenvalue weighted by Gasteiger charge is -2.36. The molecule has 0 radical (unpaired) electrons. The SMILES string of the molecule is COc1cc(C(C)C)ccc1-c1nc2c(n1C(C)C)[C@@]1(C(=O)Nc3cc(Cl)ccc31)N(c1cc(Cl)ccc1C)C2=O. The molecule has 0 aliphatic carbocycles. The number of aryl methyl sites for hydroxylation is 1. The lowest BCUT2D eigenvalue weighted by Crippen LogP contribution is -2.51. The Morgan fingerprint density at radius 1 is 0.951 bits per heavy atom. The summed E-state index contributed by atoms with van der Waals surface area (Å²) in [5.74, 6) is 0.757. The standard InChI is InChI=1S/C32H30Cl2N4O3/c1-16(2)19-8-11-22(26(13-19)41-6)29-36-27-28(37(29)17(3)4)32(23-12-10-20(33)14-24(23)35-31(32)40)38(30(27)39)25-15-21(34)9-7-18(25)5/h7-17H,1-6H3,(H,35,40)/t32-/m0/s1. The lowest BCUT2D eigenvalue weighted by molar-refractivity contribution is -0.119. The largest absolute Gasteiger partial charge is 0.496 e. The highest BCUT2D eigenvalue weighted by molar-refractivity contribution is 6.32. The summed E-state index contributed by atoms with van der Waals surface area (Å²) >= 11 is 12.8. The third kappa shape index (κ3) is 3.82. The van der Waals surface area contributed by atoms with E-state index in [1.54, 1.807) is 42.3 Å². The molecule has 0 bridgehead atoms. The normalized spacial score (nSPS) is 17.6. The van der Waals surface area contributed by atoms with E-state index in [9.17, 15) is 9.59 Å². The Morgan fingerprint density at radius 3 is 2.34 bits per heavy atom. The van der Waals surface area contributed by atoms with E-state index in [0.717, 1.165) is 16.7 Å². The van der Waals surface area contributed by atoms with Crippen LogP contribution in [0.2, 0.25) is 10.0 Å². The van der Waals surface area contributed by atoms with E-state index in [-0.39, 0.29) is 23.6 Å². The minimum atomic E-state index is -1.54. The molecule has 0 unspecified atom stereocenters. The van der Waals surface area contributed by atoms with E-state index in [0.29, 0.717) is 50.2 Å². The molecule has 2 aliphatic rings. The molecule has 7 nitrogen and oxygen atoms in total. The van der Waals surface area contributed by atoms with Crippen molar-refractivity contribution in [3.63, 3.8) is 0 Å². The molecule has 0 saturated carbocycles. The maximum atomic E-state index is 14.5. The van der Waals surface area contributed by atoms with Gasteiger partial charge in [0.25, 0.3) is 11.8 Å². The molecule has 41 heavy (non-hydrogen) atoms. The Hall–Kier alpha value is -3.81. The summed E-state index contributed by atoms with van der Waals surface area (Å²) in [6.07, 6.45) is 0. The Labute approximate surface area is 249 Å². The number of benzene rings is 3. The Kier molecular flexibility index (Phi) is 6.43. The molecule has 4 aromatic rings. The van der Waals surface area contributed by atoms with Crippen LogP contribution in [0.1, 0.15) is 72.5 Å². The number of imidazole rings is 1. The molecule has 2 aliphatic heterocycles. The molecule has 1 aromatic heterocycles. The first-order valence-electron chi connectivity index (χ1n) is 13.5. The lowest BCUT2D eigenvalue weighted by atomic mass is 9.86. The molecule has 1 spiro atoms. The van der Waals surface area contributed by atoms with Crippen LogP contribution in [0.4, 0.5) is 11.4 Å². The summed E-state index contributed by atoms with van der Waals surface area (Å²) in [7, 11) is 1.62. The first-order chi connectivity index (χ1) is 19.5. The highest BCUT2D eigenvalue weighted by atomic mass is 35.5. The number of nitrogens with one attached hydrogen (secondary N) is 1. The third-order valence-electron chi connectivity index (χ3n) is 8.00. The van der Waals surface area contributed by atoms with Crippen LogP contribution in [0.3, 0.4) is 0 Å². The topological polar surface area (TPSA) is 76.5 Å². The molecule has 3 aromatic carbocycles. The molecule has 1 atom stereocenters. The summed E-state index contributed by atoms with van der Waals surface area (Å²) in [5.41, 5.74) is 3.53. The van der Waals surface area contributed by atoms with Crippen molar-refractivity contribution in [2.24, 2.45) is 0 Å². The number of ether oxygens (including phenoxy) is 1. The second-order valence-corrected chi connectivity index (χ2v) is 12.0. The first kappa shape index (κ1) is 27.4. The number of carbonyl (C=O) groups excluding carboxylic acids is 2. The second kappa shape index (κ2) is 9.64. The average Bonchev–Trinajstić information content (AvgIpc) is 3.53. The predicted molar refractivity (Wildman–Crippen MR) is 163 cm³/mol. The number of halogens is 2. The number of fused-ring (bicyclic) bond motifs is 4. The molecule has 210 valence electrons. The first-order valence-corrected chi connectivity index (χ1v) is 14.3. The Balaban J connectivity index is 1.72. The number of rotatable bonds is 5. The maximum absolute atomic E-state index is 14.5. The van der Waals surface area contributed by atoms with Crippen LogP contribution in [0.15, 0.2) is 54.6 Å². The van der Waals surface area contributed by atoms with Gasteiger partial charge < -0.3 is 14.6 Å². The summed E-state index contributed by atoms with van der Waals surface area (Å²) in [5, 5.41) is 3.94. The van der Waals surface area contributed by atoms with E-state index in [1.165, 1.54) is 0 Å². The monoisotopic (exact) mass is 588 g/mol. The van der Waals surface area contributed by atoms with Crippen molar-refractivity contribution < 1.29 is 14.3 Å². The maximum Gasteiger partial charge on any atom is 0.280 e. The van der Waals surface area contributed by atoms with Gasteiger partial charge in [-0.3, -0.25) is 14.5 Å². The van der Waals surface area contributed by atoms with Crippen molar-refractivity contribution in [1.82, 2.24) is 9.55 Å². The Morgan fingerprint density at radius 2 is 1.66 bits per heavy atom. The van der Waals surface area contributed by atoms with Crippen LogP contribution in [0.5, 0.6) is 5.75 Å². The molecule has 6 rings (SSSR count). The smallest absolute Gasteiger partial charge is 0.280 e. The summed E-state index contributed by atoms with van der Waals surface area (Å²) in [4.78, 5) is 35.4. The van der Waals surface area contributed by atoms with Crippen LogP contribution >= 0.6 is 23.2 Å². The second-order valence-electron chi connectivity index (χ2n) is 11.1. The number of aromatic nitrogens is 2. The van der Waals surface area contributed by atoms with E-state index < -0.39 is 5.54 Å². The molecule has 0 fully saturated rings. The number of methoxy groups -OCH3 is 1. The quantitative estimate of drug-likeness (QED) is 0.259. The fourth-order valence-electron chi connectivity index (χ4n) is 6.08. The zero-order chi connectivity index (χ0) is 29.4. The van der Waals surface area contributed by atoms with Crippen molar-refractivity contribution >= 4 is 46.4 Å². The van der Waals surface area contributed by atoms with Gasteiger partial charge in [-0.1, -0.05) is 55.2 Å². The molecular weight excluding hydrogens is 559 g/mol. The van der Waals surface area contributed by atoms with E-state index in [4.69, 9.17) is 32.9 Å². The highest BCUT2D eigenvalue weighted by Gasteiger charge is 2.64. The molecule has 0 saturated heterocycles. The van der Waals surface area contributed by atoms with Crippen LogP contribution in [-0.2, 0) is 10.3 Å². The van der Waals surface area contributed by atoms with Gasteiger partial charge in [0, 0.05) is 27.3 Å². The molecule has 3 heterocycles. The zero-order valence-electron chi connectivity index (χ0n) is 23.7. The van der Waals surface area contributed by atoms with Gasteiger partial charge in [0.1, 0.15) is 11.6 Å². The molecule has 1 N–H and O–H groups in total. The highest BCUT2D eigenvalue weighted by Crippen LogP contribution is 2.55. The molecular formula is C32H30Cl2N4O3. The van der Waals surface area contributed by atoms with Gasteiger partial charge in [0.2, 0.25) is 0 Å². The van der Waals surface area contributed by atoms with Gasteiger partial charge in [0.05, 0.1) is 24.1 Å². The van der Waals surface area contributed by atoms with Gasteiger partial charge in [-0.15, -0.1) is 0 Å². The summed E-state index contributed by atoms with van der Waals surface area (Å²) < 4.78 is 7.81. The number of carbonyl (C=O) groups is 2. The van der Waals surface area contributed by atoms with Crippen LogP contribution < -0.4 is 15.0 Å². The van der Waals surface area contributed by atoms with Gasteiger partial charge >= 0.3 is 0 Å². The fraction of sp³-hybridized carbons (Fsp3) is 0.281. The van der Waals surface area contributed by atoms with Crippen LogP contribution in [-0.4, -0.2) is 28.5 Å². The minimum absolute atomic E-state index is 0.162. The zero-order valence-corrected chi connectivity index (χ0v) is 25.2. The number of hydrogen-bond donors (Lipinski definition) is 1. The van der Waals surface area contributed by atoms with E-state index >= 15 is 0 Å². The van der Waals surface area contributed by atoms with Crippen molar-refractivity contribution in [1.29, 1.82) is 0 Å². The Bertz CT molecular complexity index is 1760. The fourth-order valence-corrected chi connectivity index (χ4v) is 6.42. The predicted octanol–water partition coefficient (Wildman–Crippen LogP) is 7.73. The number of nitrogens with zero attached hydrogens (tertiary/aromatic N) is 3. The van der Waals surface area contributed by atoms with Crippen molar-refractivity contribution in [2.75, 3.05) is 17.3 Å². The minimum Gasteiger partial charge on any atom is -0.496 e. The number of amides is 2. The van der Waals surface area contributed by atoms with Gasteiger partial charge in [-0.25, -0.2) is 4.98 Å². The van der Waals surface area contributed by atoms with Crippen LogP contribution in [0, 0.1) is 6.92 Å². The molecule has 2 amide bonds. The summed E-state index contributed by atoms with van der Waals surface area (Å²) in [6.45, 7) is 10.2. The molecule has 9 heteroatoms. The van der Waals surface area contributed by atoms with Crippen molar-refractivity contribution in [2.45, 2.75) is 52.1 Å². The van der Waals surface area contributed by atoms with E-state index in [2.05, 4.69) is 19.2 Å². The van der Waals surface area contributed by atoms with Crippen molar-refractivity contribution in [3.8, 4) is 17.1 Å². The van der Waals surface area contributed by atoms with Gasteiger partial charge in [0.15, 0.2) is 11.2 Å². The van der Waals surface area contributed by atoms with Gasteiger partial charge in [-0.2, -0.15) is 0 Å². The average molecular weight is 590 g/mol. The van der Waals surface area contributed by atoms with Crippen LogP contribution in [0.25, 0.3) is 11.4 Å². The van der Waals surface area contributed by atoms with E-state index in [1.807, 2.05) is 49.6 Å². The van der Waals surface area contributed by atoms with Crippen molar-refractivity contribution in [3.05, 3.63) is 92.7 Å². The summed E-state index contributed by atoms with van der Waals surface area (Å²) in [6, 6.07) is 16.4.